The Labute approximate surface area is 179 Å². The van der Waals surface area contributed by atoms with Crippen molar-refractivity contribution in [3.63, 3.8) is 0 Å². The first-order valence-corrected chi connectivity index (χ1v) is 10.7. The minimum absolute atomic E-state index is 0.422. The van der Waals surface area contributed by atoms with Crippen LogP contribution in [-0.4, -0.2) is 11.2 Å². The quantitative estimate of drug-likeness (QED) is 0.317. The Morgan fingerprint density at radius 3 is 2.07 bits per heavy atom. The van der Waals surface area contributed by atoms with E-state index >= 15 is 0 Å². The van der Waals surface area contributed by atoms with Crippen molar-refractivity contribution >= 4 is 22.7 Å². The van der Waals surface area contributed by atoms with E-state index in [1.165, 1.54) is 21.9 Å². The van der Waals surface area contributed by atoms with E-state index in [1.807, 2.05) is 12.3 Å². The predicted octanol–water partition coefficient (Wildman–Crippen LogP) is 7.90. The summed E-state index contributed by atoms with van der Waals surface area (Å²) in [4.78, 5) is 9.84. The van der Waals surface area contributed by atoms with Crippen LogP contribution in [0.15, 0.2) is 83.9 Å². The summed E-state index contributed by atoms with van der Waals surface area (Å²) >= 11 is 0. The zero-order valence-corrected chi connectivity index (χ0v) is 18.1. The van der Waals surface area contributed by atoms with Crippen LogP contribution in [0.3, 0.4) is 0 Å². The molecule has 0 fully saturated rings. The Morgan fingerprint density at radius 1 is 0.700 bits per heavy atom. The summed E-state index contributed by atoms with van der Waals surface area (Å²) < 4.78 is 0. The molecule has 30 heavy (non-hydrogen) atoms. The van der Waals surface area contributed by atoms with Gasteiger partial charge < -0.3 is 0 Å². The minimum atomic E-state index is 0.422. The molecule has 150 valence electrons. The molecule has 0 saturated heterocycles. The molecule has 4 rings (SSSR count). The van der Waals surface area contributed by atoms with Crippen LogP contribution in [-0.2, 0) is 0 Å². The van der Waals surface area contributed by atoms with Crippen LogP contribution in [0.4, 0.5) is 5.69 Å². The third-order valence-electron chi connectivity index (χ3n) is 5.50. The third-order valence-corrected chi connectivity index (χ3v) is 5.50. The molecule has 0 amide bonds. The van der Waals surface area contributed by atoms with Gasteiger partial charge >= 0.3 is 0 Å². The predicted molar refractivity (Wildman–Crippen MR) is 129 cm³/mol. The summed E-state index contributed by atoms with van der Waals surface area (Å²) in [7, 11) is 0. The Balaban J connectivity index is 1.75. The zero-order valence-electron chi connectivity index (χ0n) is 18.1. The molecule has 0 N–H and O–H groups in total. The van der Waals surface area contributed by atoms with Gasteiger partial charge in [-0.1, -0.05) is 94.4 Å². The lowest BCUT2D eigenvalue weighted by Crippen LogP contribution is -1.96. The summed E-state index contributed by atoms with van der Waals surface area (Å²) in [5.74, 6) is 0.844. The lowest BCUT2D eigenvalue weighted by molar-refractivity contribution is 0.835. The number of para-hydroxylation sites is 1. The second-order valence-corrected chi connectivity index (χ2v) is 8.33. The molecule has 0 atom stereocenters. The van der Waals surface area contributed by atoms with Crippen LogP contribution >= 0.6 is 0 Å². The minimum Gasteiger partial charge on any atom is -0.254 e. The highest BCUT2D eigenvalue weighted by Gasteiger charge is 2.13. The molecule has 0 unspecified atom stereocenters. The molecule has 0 spiro atoms. The highest BCUT2D eigenvalue weighted by molar-refractivity contribution is 5.96. The monoisotopic (exact) mass is 392 g/mol. The van der Waals surface area contributed by atoms with Gasteiger partial charge in [0.15, 0.2) is 0 Å². The van der Waals surface area contributed by atoms with E-state index in [4.69, 9.17) is 9.98 Å². The van der Waals surface area contributed by atoms with E-state index in [1.54, 1.807) is 0 Å². The van der Waals surface area contributed by atoms with E-state index in [0.717, 1.165) is 22.6 Å². The van der Waals surface area contributed by atoms with Crippen molar-refractivity contribution in [2.24, 2.45) is 4.99 Å². The van der Waals surface area contributed by atoms with Gasteiger partial charge in [0.25, 0.3) is 0 Å². The van der Waals surface area contributed by atoms with Gasteiger partial charge in [-0.3, -0.25) is 4.99 Å². The van der Waals surface area contributed by atoms with E-state index in [2.05, 4.69) is 100 Å². The van der Waals surface area contributed by atoms with Crippen LogP contribution in [0.25, 0.3) is 22.0 Å². The van der Waals surface area contributed by atoms with Crippen molar-refractivity contribution < 1.29 is 0 Å². The lowest BCUT2D eigenvalue weighted by Gasteiger charge is -2.16. The van der Waals surface area contributed by atoms with Crippen molar-refractivity contribution in [3.05, 3.63) is 95.7 Å². The topological polar surface area (TPSA) is 25.2 Å². The lowest BCUT2D eigenvalue weighted by atomic mass is 9.93. The fraction of sp³-hybridized carbons (Fsp3) is 0.214. The van der Waals surface area contributed by atoms with Crippen LogP contribution in [0.5, 0.6) is 0 Å². The molecule has 0 aliphatic carbocycles. The Morgan fingerprint density at radius 2 is 1.33 bits per heavy atom. The maximum absolute atomic E-state index is 4.93. The molecule has 1 aromatic heterocycles. The molecule has 0 aliphatic heterocycles. The van der Waals surface area contributed by atoms with E-state index in [-0.39, 0.29) is 0 Å². The molecule has 2 heteroatoms. The number of benzene rings is 3. The summed E-state index contributed by atoms with van der Waals surface area (Å²) in [6, 6.07) is 27.5. The zero-order chi connectivity index (χ0) is 21.1. The second kappa shape index (κ2) is 8.62. The van der Waals surface area contributed by atoms with Crippen molar-refractivity contribution in [1.82, 2.24) is 4.98 Å². The van der Waals surface area contributed by atoms with Gasteiger partial charge in [0, 0.05) is 5.56 Å². The van der Waals surface area contributed by atoms with Crippen molar-refractivity contribution in [2.75, 3.05) is 0 Å². The van der Waals surface area contributed by atoms with Gasteiger partial charge in [-0.05, 0) is 45.9 Å². The average Bonchev–Trinajstić information content (AvgIpc) is 2.77. The highest BCUT2D eigenvalue weighted by Crippen LogP contribution is 2.34. The molecule has 0 bridgehead atoms. The summed E-state index contributed by atoms with van der Waals surface area (Å²) in [5.41, 5.74) is 6.63. The third kappa shape index (κ3) is 4.04. The number of fused-ring (bicyclic) bond motifs is 1. The molecular formula is C28H28N2. The largest absolute Gasteiger partial charge is 0.254 e. The van der Waals surface area contributed by atoms with Crippen molar-refractivity contribution in [2.45, 2.75) is 39.5 Å². The van der Waals surface area contributed by atoms with Crippen LogP contribution in [0, 0.1) is 0 Å². The molecule has 1 heterocycles. The number of pyridine rings is 1. The Bertz CT molecular complexity index is 1170. The number of hydrogen-bond acceptors (Lipinski definition) is 2. The normalized spacial score (nSPS) is 11.8. The van der Waals surface area contributed by atoms with E-state index < -0.39 is 0 Å². The SMILES string of the molecule is CC(C)c1cccc(C(C)C)c1/N=C\c1cccc(-c2cccc3ccccc23)n1. The molecule has 3 aromatic carbocycles. The maximum Gasteiger partial charge on any atom is 0.0820 e. The van der Waals surface area contributed by atoms with Crippen molar-refractivity contribution in [1.29, 1.82) is 0 Å². The first-order valence-electron chi connectivity index (χ1n) is 10.7. The number of aliphatic imine (C=N–C) groups is 1. The molecular weight excluding hydrogens is 364 g/mol. The summed E-state index contributed by atoms with van der Waals surface area (Å²) in [6.07, 6.45) is 1.90. The Hall–Kier alpha value is -3.26. The highest BCUT2D eigenvalue weighted by atomic mass is 14.8. The summed E-state index contributed by atoms with van der Waals surface area (Å²) in [5, 5.41) is 2.44. The van der Waals surface area contributed by atoms with Crippen molar-refractivity contribution in [3.8, 4) is 11.3 Å². The number of rotatable bonds is 5. The van der Waals surface area contributed by atoms with Crippen LogP contribution in [0.2, 0.25) is 0 Å². The van der Waals surface area contributed by atoms with Gasteiger partial charge in [-0.2, -0.15) is 0 Å². The number of hydrogen-bond donors (Lipinski definition) is 0. The molecule has 0 saturated carbocycles. The number of aromatic nitrogens is 1. The molecule has 2 nitrogen and oxygen atoms in total. The first kappa shape index (κ1) is 20.0. The fourth-order valence-corrected chi connectivity index (χ4v) is 3.91. The van der Waals surface area contributed by atoms with E-state index in [9.17, 15) is 0 Å². The smallest absolute Gasteiger partial charge is 0.0820 e. The average molecular weight is 393 g/mol. The fourth-order valence-electron chi connectivity index (χ4n) is 3.91. The van der Waals surface area contributed by atoms with Gasteiger partial charge in [0.05, 0.1) is 23.3 Å². The van der Waals surface area contributed by atoms with Crippen LogP contribution in [0.1, 0.15) is 56.4 Å². The van der Waals surface area contributed by atoms with Gasteiger partial charge in [0.2, 0.25) is 0 Å². The summed E-state index contributed by atoms with van der Waals surface area (Å²) in [6.45, 7) is 8.88. The second-order valence-electron chi connectivity index (χ2n) is 8.33. The molecule has 4 aromatic rings. The maximum atomic E-state index is 4.93. The van der Waals surface area contributed by atoms with Crippen LogP contribution < -0.4 is 0 Å². The number of nitrogens with zero attached hydrogens (tertiary/aromatic N) is 2. The molecule has 0 radical (unpaired) electrons. The Kier molecular flexibility index (Phi) is 5.76. The standard InChI is InChI=1S/C28H28N2/c1-19(2)23-14-9-15-24(20(3)4)28(23)29-18-22-12-8-17-27(30-22)26-16-7-11-21-10-5-6-13-25(21)26/h5-20H,1-4H3/b29-18-. The van der Waals surface area contributed by atoms with Gasteiger partial charge in [0.1, 0.15) is 0 Å². The van der Waals surface area contributed by atoms with E-state index in [0.29, 0.717) is 11.8 Å². The first-order chi connectivity index (χ1) is 14.5. The molecule has 0 aliphatic rings. The van der Waals surface area contributed by atoms with Gasteiger partial charge in [-0.15, -0.1) is 0 Å². The van der Waals surface area contributed by atoms with Gasteiger partial charge in [-0.25, -0.2) is 4.98 Å².